The third-order valence-electron chi connectivity index (χ3n) is 10.3. The molecule has 4 aliphatic carbocycles. The number of fused-ring (bicyclic) bond motifs is 5. The molecule has 0 aromatic rings. The summed E-state index contributed by atoms with van der Waals surface area (Å²) in [5, 5.41) is 42.2. The van der Waals surface area contributed by atoms with Crippen LogP contribution in [0.5, 0.6) is 0 Å². The van der Waals surface area contributed by atoms with E-state index in [2.05, 4.69) is 20.8 Å². The monoisotopic (exact) mass is 394 g/mol. The summed E-state index contributed by atoms with van der Waals surface area (Å²) in [6, 6.07) is 0. The first-order valence-corrected chi connectivity index (χ1v) is 11.9. The van der Waals surface area contributed by atoms with Crippen LogP contribution in [-0.2, 0) is 0 Å². The lowest BCUT2D eigenvalue weighted by Crippen LogP contribution is -2.62. The van der Waals surface area contributed by atoms with Gasteiger partial charge in [0.15, 0.2) is 0 Å². The van der Waals surface area contributed by atoms with E-state index in [1.54, 1.807) is 0 Å². The standard InChI is InChI=1S/C24H42O4/c1-14(5-4-10-25)17-6-7-18-22-19(13-21(28)24(17,18)3)23(2)9-8-16(26)11-15(23)12-20(22)27/h14-22,25-28H,4-13H2,1-3H3/t14-,15+,16-,17-,18+,19+,20-,21+,22?,23+,24-/m1/s1. The number of rotatable bonds is 4. The van der Waals surface area contributed by atoms with E-state index in [1.807, 2.05) is 0 Å². The highest BCUT2D eigenvalue weighted by atomic mass is 16.3. The minimum absolute atomic E-state index is 0.117. The van der Waals surface area contributed by atoms with Crippen LogP contribution in [0.25, 0.3) is 0 Å². The Morgan fingerprint density at radius 1 is 0.964 bits per heavy atom. The summed E-state index contributed by atoms with van der Waals surface area (Å²) in [6.45, 7) is 7.23. The topological polar surface area (TPSA) is 80.9 Å². The predicted octanol–water partition coefficient (Wildman–Crippen LogP) is 3.36. The average Bonchev–Trinajstić information content (AvgIpc) is 3.01. The molecule has 0 aromatic heterocycles. The van der Waals surface area contributed by atoms with Gasteiger partial charge in [0.05, 0.1) is 18.3 Å². The van der Waals surface area contributed by atoms with Crippen LogP contribution in [0.4, 0.5) is 0 Å². The number of aliphatic hydroxyl groups excluding tert-OH is 4. The van der Waals surface area contributed by atoms with Crippen LogP contribution in [0, 0.1) is 46.3 Å². The van der Waals surface area contributed by atoms with Crippen LogP contribution < -0.4 is 0 Å². The van der Waals surface area contributed by atoms with Crippen molar-refractivity contribution in [2.24, 2.45) is 46.3 Å². The van der Waals surface area contributed by atoms with Gasteiger partial charge in [0.2, 0.25) is 0 Å². The van der Waals surface area contributed by atoms with Gasteiger partial charge in [-0.25, -0.2) is 0 Å². The Balaban J connectivity index is 1.62. The fraction of sp³-hybridized carbons (Fsp3) is 1.00. The number of hydrogen-bond acceptors (Lipinski definition) is 4. The molecule has 4 nitrogen and oxygen atoms in total. The summed E-state index contributed by atoms with van der Waals surface area (Å²) in [5.41, 5.74) is 0.0282. The zero-order chi connectivity index (χ0) is 20.3. The lowest BCUT2D eigenvalue weighted by atomic mass is 9.43. The number of hydrogen-bond donors (Lipinski definition) is 4. The second-order valence-corrected chi connectivity index (χ2v) is 11.4. The van der Waals surface area contributed by atoms with Crippen LogP contribution >= 0.6 is 0 Å². The first kappa shape index (κ1) is 21.1. The van der Waals surface area contributed by atoms with E-state index in [-0.39, 0.29) is 35.7 Å². The van der Waals surface area contributed by atoms with E-state index in [0.717, 1.165) is 57.8 Å². The van der Waals surface area contributed by atoms with Gasteiger partial charge >= 0.3 is 0 Å². The molecule has 1 unspecified atom stereocenters. The van der Waals surface area contributed by atoms with Gasteiger partial charge in [-0.1, -0.05) is 20.8 Å². The summed E-state index contributed by atoms with van der Waals surface area (Å²) >= 11 is 0. The van der Waals surface area contributed by atoms with Crippen molar-refractivity contribution in [3.05, 3.63) is 0 Å². The molecule has 4 heteroatoms. The highest BCUT2D eigenvalue weighted by molar-refractivity contribution is 5.14. The maximum atomic E-state index is 11.5. The molecule has 4 saturated carbocycles. The highest BCUT2D eigenvalue weighted by Crippen LogP contribution is 2.68. The van der Waals surface area contributed by atoms with E-state index in [0.29, 0.717) is 35.5 Å². The van der Waals surface area contributed by atoms with Gasteiger partial charge in [-0.2, -0.15) is 0 Å². The molecule has 0 aliphatic heterocycles. The first-order chi connectivity index (χ1) is 13.2. The van der Waals surface area contributed by atoms with Crippen LogP contribution in [0.2, 0.25) is 0 Å². The van der Waals surface area contributed by atoms with Gasteiger partial charge in [0.1, 0.15) is 0 Å². The van der Waals surface area contributed by atoms with Crippen LogP contribution in [0.3, 0.4) is 0 Å². The molecule has 0 heterocycles. The molecule has 0 bridgehead atoms. The zero-order valence-corrected chi connectivity index (χ0v) is 18.1. The zero-order valence-electron chi connectivity index (χ0n) is 18.1. The Morgan fingerprint density at radius 2 is 1.71 bits per heavy atom. The van der Waals surface area contributed by atoms with E-state index in [4.69, 9.17) is 0 Å². The van der Waals surface area contributed by atoms with Crippen molar-refractivity contribution in [2.45, 2.75) is 96.9 Å². The Labute approximate surface area is 170 Å². The summed E-state index contributed by atoms with van der Waals surface area (Å²) in [7, 11) is 0. The van der Waals surface area contributed by atoms with Crippen LogP contribution in [0.15, 0.2) is 0 Å². The minimum Gasteiger partial charge on any atom is -0.396 e. The molecule has 0 aromatic carbocycles. The van der Waals surface area contributed by atoms with Gasteiger partial charge in [-0.3, -0.25) is 0 Å². The third-order valence-corrected chi connectivity index (χ3v) is 10.3. The molecule has 0 radical (unpaired) electrons. The van der Waals surface area contributed by atoms with Gasteiger partial charge in [-0.15, -0.1) is 0 Å². The van der Waals surface area contributed by atoms with E-state index in [9.17, 15) is 20.4 Å². The van der Waals surface area contributed by atoms with Crippen LogP contribution in [-0.4, -0.2) is 45.3 Å². The lowest BCUT2D eigenvalue weighted by molar-refractivity contribution is -0.207. The van der Waals surface area contributed by atoms with Crippen molar-refractivity contribution in [3.63, 3.8) is 0 Å². The minimum atomic E-state index is -0.308. The normalized spacial score (nSPS) is 54.5. The Morgan fingerprint density at radius 3 is 2.43 bits per heavy atom. The predicted molar refractivity (Wildman–Crippen MR) is 109 cm³/mol. The quantitative estimate of drug-likeness (QED) is 0.589. The van der Waals surface area contributed by atoms with E-state index >= 15 is 0 Å². The Hall–Kier alpha value is -0.160. The van der Waals surface area contributed by atoms with Gasteiger partial charge < -0.3 is 20.4 Å². The Bertz CT molecular complexity index is 567. The van der Waals surface area contributed by atoms with Crippen molar-refractivity contribution in [3.8, 4) is 0 Å². The largest absolute Gasteiger partial charge is 0.396 e. The molecular formula is C24H42O4. The van der Waals surface area contributed by atoms with Crippen molar-refractivity contribution in [1.82, 2.24) is 0 Å². The molecule has 4 fully saturated rings. The molecule has 4 N–H and O–H groups in total. The summed E-state index contributed by atoms with van der Waals surface area (Å²) in [5.74, 6) is 2.41. The summed E-state index contributed by atoms with van der Waals surface area (Å²) in [6.07, 6.45) is 7.62. The lowest BCUT2D eigenvalue weighted by Gasteiger charge is -2.63. The third kappa shape index (κ3) is 3.01. The fourth-order valence-corrected chi connectivity index (χ4v) is 8.75. The van der Waals surface area contributed by atoms with Crippen molar-refractivity contribution in [2.75, 3.05) is 6.61 Å². The molecule has 11 atom stereocenters. The summed E-state index contributed by atoms with van der Waals surface area (Å²) in [4.78, 5) is 0. The molecule has 0 saturated heterocycles. The molecule has 28 heavy (non-hydrogen) atoms. The van der Waals surface area contributed by atoms with Crippen molar-refractivity contribution >= 4 is 0 Å². The second-order valence-electron chi connectivity index (χ2n) is 11.4. The molecule has 4 aliphatic rings. The maximum Gasteiger partial charge on any atom is 0.0602 e. The SMILES string of the molecule is C[C@H](CCCO)[C@H]1CC[C@H]2C3[C@H](O)C[C@@H]4C[C@H](O)CC[C@]4(C)[C@H]3C[C@H](O)[C@]12C. The molecular weight excluding hydrogens is 352 g/mol. The number of aliphatic hydroxyl groups is 4. The van der Waals surface area contributed by atoms with Crippen molar-refractivity contribution < 1.29 is 20.4 Å². The highest BCUT2D eigenvalue weighted by Gasteiger charge is 2.65. The molecule has 4 rings (SSSR count). The maximum absolute atomic E-state index is 11.5. The van der Waals surface area contributed by atoms with Crippen molar-refractivity contribution in [1.29, 1.82) is 0 Å². The second kappa shape index (κ2) is 7.51. The Kier molecular flexibility index (Phi) is 5.66. The molecule has 0 spiro atoms. The van der Waals surface area contributed by atoms with Gasteiger partial charge in [0, 0.05) is 6.61 Å². The fourth-order valence-electron chi connectivity index (χ4n) is 8.75. The average molecular weight is 395 g/mol. The van der Waals surface area contributed by atoms with E-state index in [1.165, 1.54) is 0 Å². The molecule has 162 valence electrons. The smallest absolute Gasteiger partial charge is 0.0602 e. The van der Waals surface area contributed by atoms with Crippen LogP contribution in [0.1, 0.15) is 78.6 Å². The van der Waals surface area contributed by atoms with E-state index < -0.39 is 0 Å². The van der Waals surface area contributed by atoms with Gasteiger partial charge in [0.25, 0.3) is 0 Å². The molecule has 0 amide bonds. The first-order valence-electron chi connectivity index (χ1n) is 11.9. The summed E-state index contributed by atoms with van der Waals surface area (Å²) < 4.78 is 0. The van der Waals surface area contributed by atoms with Gasteiger partial charge in [-0.05, 0) is 104 Å².